The Hall–Kier alpha value is -2.10. The van der Waals surface area contributed by atoms with Crippen molar-refractivity contribution in [2.24, 2.45) is 11.1 Å². The monoisotopic (exact) mass is 286 g/mol. The van der Waals surface area contributed by atoms with Crippen LogP contribution in [0, 0.1) is 24.7 Å². The average Bonchev–Trinajstić information content (AvgIpc) is 2.45. The summed E-state index contributed by atoms with van der Waals surface area (Å²) >= 11 is 0. The van der Waals surface area contributed by atoms with Gasteiger partial charge in [0.2, 0.25) is 0 Å². The van der Waals surface area contributed by atoms with Crippen LogP contribution in [0.1, 0.15) is 24.5 Å². The first kappa shape index (κ1) is 15.3. The van der Waals surface area contributed by atoms with Gasteiger partial charge in [-0.05, 0) is 67.1 Å². The quantitative estimate of drug-likeness (QED) is 0.804. The van der Waals surface area contributed by atoms with Gasteiger partial charge in [0, 0.05) is 6.54 Å². The fraction of sp³-hybridized carbons (Fsp3) is 0.412. The molecule has 0 saturated carbocycles. The highest BCUT2D eigenvalue weighted by atomic mass is 16.5. The molecule has 0 aliphatic heterocycles. The highest BCUT2D eigenvalue weighted by Crippen LogP contribution is 2.31. The molecule has 0 radical (unpaired) electrons. The van der Waals surface area contributed by atoms with E-state index in [0.29, 0.717) is 11.6 Å². The molecule has 4 nitrogen and oxygen atoms in total. The fourth-order valence-electron chi connectivity index (χ4n) is 2.79. The Kier molecular flexibility index (Phi) is 4.78. The van der Waals surface area contributed by atoms with Crippen LogP contribution in [0.25, 0.3) is 0 Å². The third-order valence-electron chi connectivity index (χ3n) is 3.80. The zero-order valence-electron chi connectivity index (χ0n) is 13.1. The standard InChI is InChI=1S/C17H22N2O2/c1-11-7-13(3)17(15(8-11)19-20)18-10-14-5-6-16(21-4)12(2)9-14/h6-9,14,18H,5,10H2,1-4H3. The molecule has 1 N–H and O–H groups in total. The molecule has 4 heteroatoms. The smallest absolute Gasteiger partial charge is 0.131 e. The highest BCUT2D eigenvalue weighted by molar-refractivity contribution is 5.70. The number of ether oxygens (including phenoxy) is 1. The van der Waals surface area contributed by atoms with Gasteiger partial charge in [0.15, 0.2) is 0 Å². The van der Waals surface area contributed by atoms with Crippen LogP contribution in [-0.4, -0.2) is 13.7 Å². The van der Waals surface area contributed by atoms with Crippen molar-refractivity contribution in [2.45, 2.75) is 27.2 Å². The Balaban J connectivity index is 2.08. The van der Waals surface area contributed by atoms with E-state index in [2.05, 4.69) is 35.6 Å². The summed E-state index contributed by atoms with van der Waals surface area (Å²) in [6.45, 7) is 6.79. The lowest BCUT2D eigenvalue weighted by atomic mass is 9.95. The first-order valence-electron chi connectivity index (χ1n) is 7.16. The molecule has 0 fully saturated rings. The zero-order valence-corrected chi connectivity index (χ0v) is 13.1. The van der Waals surface area contributed by atoms with Gasteiger partial charge in [-0.3, -0.25) is 0 Å². The van der Waals surface area contributed by atoms with E-state index in [0.717, 1.165) is 41.1 Å². The van der Waals surface area contributed by atoms with Crippen LogP contribution in [0.4, 0.5) is 11.4 Å². The number of rotatable bonds is 5. The predicted molar refractivity (Wildman–Crippen MR) is 86.8 cm³/mol. The van der Waals surface area contributed by atoms with Crippen LogP contribution in [0.2, 0.25) is 0 Å². The van der Waals surface area contributed by atoms with Crippen molar-refractivity contribution in [1.82, 2.24) is 0 Å². The molecule has 0 aromatic heterocycles. The van der Waals surface area contributed by atoms with E-state index < -0.39 is 0 Å². The molecule has 1 atom stereocenters. The molecule has 1 aliphatic rings. The Morgan fingerprint density at radius 1 is 1.33 bits per heavy atom. The molecule has 0 heterocycles. The Labute approximate surface area is 125 Å². The van der Waals surface area contributed by atoms with Crippen molar-refractivity contribution < 1.29 is 4.74 Å². The van der Waals surface area contributed by atoms with E-state index in [4.69, 9.17) is 4.74 Å². The maximum absolute atomic E-state index is 11.0. The van der Waals surface area contributed by atoms with Crippen LogP contribution >= 0.6 is 0 Å². The molecule has 0 bridgehead atoms. The zero-order chi connectivity index (χ0) is 15.4. The van der Waals surface area contributed by atoms with E-state index in [1.54, 1.807) is 7.11 Å². The summed E-state index contributed by atoms with van der Waals surface area (Å²) in [4.78, 5) is 11.0. The number of hydrogen-bond acceptors (Lipinski definition) is 4. The topological polar surface area (TPSA) is 50.7 Å². The number of hydrogen-bond donors (Lipinski definition) is 1. The number of methoxy groups -OCH3 is 1. The highest BCUT2D eigenvalue weighted by Gasteiger charge is 2.15. The Morgan fingerprint density at radius 2 is 2.10 bits per heavy atom. The fourth-order valence-corrected chi connectivity index (χ4v) is 2.79. The van der Waals surface area contributed by atoms with Crippen LogP contribution in [0.3, 0.4) is 0 Å². The van der Waals surface area contributed by atoms with Crippen molar-refractivity contribution in [2.75, 3.05) is 19.0 Å². The summed E-state index contributed by atoms with van der Waals surface area (Å²) in [5.41, 5.74) is 4.58. The third kappa shape index (κ3) is 3.51. The summed E-state index contributed by atoms with van der Waals surface area (Å²) in [5.74, 6) is 1.34. The lowest BCUT2D eigenvalue weighted by Crippen LogP contribution is -2.15. The molecule has 1 aromatic rings. The SMILES string of the molecule is COC1=CCC(CNc2c(C)cc(C)cc2N=O)C=C1C. The van der Waals surface area contributed by atoms with Gasteiger partial charge in [-0.25, -0.2) is 0 Å². The van der Waals surface area contributed by atoms with Crippen molar-refractivity contribution in [3.05, 3.63) is 51.7 Å². The second-order valence-electron chi connectivity index (χ2n) is 5.57. The molecule has 0 spiro atoms. The average molecular weight is 286 g/mol. The van der Waals surface area contributed by atoms with Gasteiger partial charge >= 0.3 is 0 Å². The summed E-state index contributed by atoms with van der Waals surface area (Å²) in [6.07, 6.45) is 5.26. The largest absolute Gasteiger partial charge is 0.497 e. The molecule has 1 aliphatic carbocycles. The summed E-state index contributed by atoms with van der Waals surface area (Å²) in [5, 5.41) is 6.51. The third-order valence-corrected chi connectivity index (χ3v) is 3.80. The van der Waals surface area contributed by atoms with Gasteiger partial charge in [0.1, 0.15) is 11.4 Å². The first-order valence-corrected chi connectivity index (χ1v) is 7.16. The predicted octanol–water partition coefficient (Wildman–Crippen LogP) is 4.61. The summed E-state index contributed by atoms with van der Waals surface area (Å²) in [7, 11) is 1.69. The minimum absolute atomic E-state index is 0.393. The Morgan fingerprint density at radius 3 is 2.71 bits per heavy atom. The van der Waals surface area contributed by atoms with E-state index >= 15 is 0 Å². The van der Waals surface area contributed by atoms with Gasteiger partial charge in [0.05, 0.1) is 12.8 Å². The molecule has 0 amide bonds. The number of aryl methyl sites for hydroxylation is 2. The van der Waals surface area contributed by atoms with E-state index in [1.807, 2.05) is 19.9 Å². The molecule has 21 heavy (non-hydrogen) atoms. The lowest BCUT2D eigenvalue weighted by molar-refractivity contribution is 0.295. The summed E-state index contributed by atoms with van der Waals surface area (Å²) < 4.78 is 5.30. The van der Waals surface area contributed by atoms with Gasteiger partial charge in [-0.1, -0.05) is 12.1 Å². The normalized spacial score (nSPS) is 17.8. The molecule has 112 valence electrons. The number of nitrogens with zero attached hydrogens (tertiary/aromatic N) is 1. The number of anilines is 1. The molecule has 1 aromatic carbocycles. The number of nitroso groups, excluding NO2 is 1. The van der Waals surface area contributed by atoms with E-state index in [9.17, 15) is 4.91 Å². The minimum Gasteiger partial charge on any atom is -0.497 e. The van der Waals surface area contributed by atoms with Gasteiger partial charge in [-0.15, -0.1) is 4.91 Å². The van der Waals surface area contributed by atoms with Crippen LogP contribution < -0.4 is 5.32 Å². The van der Waals surface area contributed by atoms with Crippen molar-refractivity contribution in [3.8, 4) is 0 Å². The van der Waals surface area contributed by atoms with Crippen LogP contribution in [0.15, 0.2) is 40.8 Å². The number of allylic oxidation sites excluding steroid dienone is 2. The van der Waals surface area contributed by atoms with Crippen LogP contribution in [-0.2, 0) is 4.74 Å². The van der Waals surface area contributed by atoms with Crippen molar-refractivity contribution in [1.29, 1.82) is 0 Å². The summed E-state index contributed by atoms with van der Waals surface area (Å²) in [6, 6.07) is 3.87. The minimum atomic E-state index is 0.393. The van der Waals surface area contributed by atoms with Gasteiger partial charge in [0.25, 0.3) is 0 Å². The molecular weight excluding hydrogens is 264 g/mol. The molecule has 1 unspecified atom stereocenters. The molecule has 2 rings (SSSR count). The second-order valence-corrected chi connectivity index (χ2v) is 5.57. The van der Waals surface area contributed by atoms with E-state index in [1.165, 1.54) is 0 Å². The van der Waals surface area contributed by atoms with Crippen molar-refractivity contribution >= 4 is 11.4 Å². The van der Waals surface area contributed by atoms with Gasteiger partial charge in [-0.2, -0.15) is 0 Å². The molecule has 0 saturated heterocycles. The van der Waals surface area contributed by atoms with E-state index in [-0.39, 0.29) is 0 Å². The maximum Gasteiger partial charge on any atom is 0.131 e. The lowest BCUT2D eigenvalue weighted by Gasteiger charge is -2.21. The van der Waals surface area contributed by atoms with Crippen LogP contribution in [0.5, 0.6) is 0 Å². The maximum atomic E-state index is 11.0. The van der Waals surface area contributed by atoms with Crippen molar-refractivity contribution in [3.63, 3.8) is 0 Å². The first-order chi connectivity index (χ1) is 10.0. The second kappa shape index (κ2) is 6.57. The molecular formula is C17H22N2O2. The Bertz CT molecular complexity index is 603. The van der Waals surface area contributed by atoms with Gasteiger partial charge < -0.3 is 10.1 Å². The number of benzene rings is 1. The number of nitrogens with one attached hydrogen (secondary N) is 1.